The number of thioether (sulfide) groups is 1. The quantitative estimate of drug-likeness (QED) is 0.171. The Balaban J connectivity index is 5.10. The predicted molar refractivity (Wildman–Crippen MR) is 122 cm³/mol. The number of nitrogens with two attached hydrogens (primary N) is 2. The lowest BCUT2D eigenvalue weighted by Crippen LogP contribution is -2.56. The summed E-state index contributed by atoms with van der Waals surface area (Å²) < 4.78 is 0. The standard InChI is InChI=1S/C20H39N5O5S/c1-5-12(2)16(22)19(28)23-13(3)17(26)24-14(8-6-7-10-21)18(27)25-15(20(29)30)9-11-31-4/h12-16H,5-11,21-22H2,1-4H3,(H,23,28)(H,24,26)(H,25,27)(H,29,30). The number of carboxylic acid groups (broad SMARTS) is 1. The van der Waals surface area contributed by atoms with E-state index in [-0.39, 0.29) is 12.3 Å². The second-order valence-electron chi connectivity index (χ2n) is 7.67. The molecule has 0 aliphatic rings. The molecule has 0 saturated carbocycles. The Morgan fingerprint density at radius 2 is 1.55 bits per heavy atom. The van der Waals surface area contributed by atoms with E-state index in [1.807, 2.05) is 20.1 Å². The molecule has 3 amide bonds. The minimum absolute atomic E-state index is 0.0423. The molecule has 0 rings (SSSR count). The number of rotatable bonds is 16. The zero-order valence-corrected chi connectivity index (χ0v) is 19.8. The summed E-state index contributed by atoms with van der Waals surface area (Å²) in [6.45, 7) is 5.71. The fourth-order valence-electron chi connectivity index (χ4n) is 2.71. The second-order valence-corrected chi connectivity index (χ2v) is 8.65. The van der Waals surface area contributed by atoms with Gasteiger partial charge in [0.25, 0.3) is 0 Å². The second kappa shape index (κ2) is 15.9. The topological polar surface area (TPSA) is 177 Å². The Kier molecular flexibility index (Phi) is 14.9. The molecule has 0 aliphatic carbocycles. The molecule has 0 aromatic heterocycles. The van der Waals surface area contributed by atoms with Crippen molar-refractivity contribution in [3.8, 4) is 0 Å². The minimum Gasteiger partial charge on any atom is -0.480 e. The highest BCUT2D eigenvalue weighted by Crippen LogP contribution is 2.07. The number of carbonyl (C=O) groups is 4. The Hall–Kier alpha value is -1.85. The van der Waals surface area contributed by atoms with Crippen LogP contribution in [-0.4, -0.2) is 71.5 Å². The summed E-state index contributed by atoms with van der Waals surface area (Å²) in [6.07, 6.45) is 4.38. The number of amides is 3. The Morgan fingerprint density at radius 1 is 0.935 bits per heavy atom. The van der Waals surface area contributed by atoms with Gasteiger partial charge in [0.2, 0.25) is 17.7 Å². The summed E-state index contributed by atoms with van der Waals surface area (Å²) in [4.78, 5) is 49.0. The summed E-state index contributed by atoms with van der Waals surface area (Å²) in [6, 6.07) is -3.62. The molecule has 0 bridgehead atoms. The Morgan fingerprint density at radius 3 is 2.06 bits per heavy atom. The maximum atomic E-state index is 12.7. The average Bonchev–Trinajstić information content (AvgIpc) is 2.74. The van der Waals surface area contributed by atoms with Crippen LogP contribution in [0.25, 0.3) is 0 Å². The highest BCUT2D eigenvalue weighted by molar-refractivity contribution is 7.98. The van der Waals surface area contributed by atoms with Crippen molar-refractivity contribution >= 4 is 35.5 Å². The lowest BCUT2D eigenvalue weighted by atomic mass is 9.99. The molecule has 180 valence electrons. The highest BCUT2D eigenvalue weighted by Gasteiger charge is 2.29. The van der Waals surface area contributed by atoms with Crippen LogP contribution in [0.4, 0.5) is 0 Å². The van der Waals surface area contributed by atoms with E-state index >= 15 is 0 Å². The van der Waals surface area contributed by atoms with Crippen molar-refractivity contribution in [2.75, 3.05) is 18.6 Å². The average molecular weight is 462 g/mol. The van der Waals surface area contributed by atoms with E-state index in [1.54, 1.807) is 0 Å². The van der Waals surface area contributed by atoms with Crippen molar-refractivity contribution in [1.29, 1.82) is 0 Å². The number of unbranched alkanes of at least 4 members (excludes halogenated alkanes) is 1. The number of hydrogen-bond donors (Lipinski definition) is 6. The van der Waals surface area contributed by atoms with Gasteiger partial charge in [0.05, 0.1) is 6.04 Å². The molecule has 0 aromatic rings. The number of carboxylic acids is 1. The van der Waals surface area contributed by atoms with Gasteiger partial charge in [-0.3, -0.25) is 14.4 Å². The van der Waals surface area contributed by atoms with Crippen molar-refractivity contribution in [2.45, 2.75) is 77.0 Å². The van der Waals surface area contributed by atoms with E-state index in [9.17, 15) is 24.3 Å². The first-order valence-corrected chi connectivity index (χ1v) is 12.1. The van der Waals surface area contributed by atoms with Crippen LogP contribution in [0.5, 0.6) is 0 Å². The van der Waals surface area contributed by atoms with Crippen molar-refractivity contribution in [1.82, 2.24) is 16.0 Å². The van der Waals surface area contributed by atoms with Gasteiger partial charge in [0, 0.05) is 0 Å². The van der Waals surface area contributed by atoms with Gasteiger partial charge in [-0.1, -0.05) is 20.3 Å². The third kappa shape index (κ3) is 11.4. The van der Waals surface area contributed by atoms with Gasteiger partial charge in [-0.05, 0) is 57.1 Å². The minimum atomic E-state index is -1.13. The number of carbonyl (C=O) groups excluding carboxylic acids is 3. The monoisotopic (exact) mass is 461 g/mol. The van der Waals surface area contributed by atoms with Gasteiger partial charge in [-0.15, -0.1) is 0 Å². The molecule has 0 aromatic carbocycles. The largest absolute Gasteiger partial charge is 0.480 e. The summed E-state index contributed by atoms with van der Waals surface area (Å²) in [7, 11) is 0. The zero-order chi connectivity index (χ0) is 24.0. The summed E-state index contributed by atoms with van der Waals surface area (Å²) in [5.41, 5.74) is 11.4. The fourth-order valence-corrected chi connectivity index (χ4v) is 3.18. The molecule has 31 heavy (non-hydrogen) atoms. The van der Waals surface area contributed by atoms with Crippen LogP contribution in [0.2, 0.25) is 0 Å². The van der Waals surface area contributed by atoms with Crippen molar-refractivity contribution < 1.29 is 24.3 Å². The molecule has 5 unspecified atom stereocenters. The van der Waals surface area contributed by atoms with Crippen LogP contribution in [0.1, 0.15) is 52.9 Å². The van der Waals surface area contributed by atoms with Gasteiger partial charge >= 0.3 is 5.97 Å². The third-order valence-corrected chi connectivity index (χ3v) is 5.76. The number of nitrogens with one attached hydrogen (secondary N) is 3. The maximum absolute atomic E-state index is 12.7. The van der Waals surface area contributed by atoms with Crippen LogP contribution >= 0.6 is 11.8 Å². The van der Waals surface area contributed by atoms with E-state index in [1.165, 1.54) is 18.7 Å². The summed E-state index contributed by atoms with van der Waals surface area (Å²) in [5.74, 6) is -2.17. The molecule has 8 N–H and O–H groups in total. The van der Waals surface area contributed by atoms with Crippen molar-refractivity contribution in [2.24, 2.45) is 17.4 Å². The Labute approximate surface area is 189 Å². The lowest BCUT2D eigenvalue weighted by Gasteiger charge is -2.24. The number of aliphatic carboxylic acids is 1. The third-order valence-electron chi connectivity index (χ3n) is 5.12. The molecule has 0 heterocycles. The van der Waals surface area contributed by atoms with E-state index in [2.05, 4.69) is 16.0 Å². The lowest BCUT2D eigenvalue weighted by molar-refractivity contribution is -0.142. The van der Waals surface area contributed by atoms with Crippen LogP contribution in [0.3, 0.4) is 0 Å². The van der Waals surface area contributed by atoms with Gasteiger partial charge in [-0.2, -0.15) is 11.8 Å². The van der Waals surface area contributed by atoms with E-state index in [0.29, 0.717) is 31.6 Å². The number of hydrogen-bond acceptors (Lipinski definition) is 7. The van der Waals surface area contributed by atoms with Crippen LogP contribution in [-0.2, 0) is 19.2 Å². The normalized spacial score (nSPS) is 15.8. The first-order chi connectivity index (χ1) is 14.6. The summed E-state index contributed by atoms with van der Waals surface area (Å²) in [5, 5.41) is 17.0. The zero-order valence-electron chi connectivity index (χ0n) is 19.0. The molecular weight excluding hydrogens is 422 g/mol. The molecule has 5 atom stereocenters. The van der Waals surface area contributed by atoms with Gasteiger partial charge in [-0.25, -0.2) is 4.79 Å². The molecule has 0 saturated heterocycles. The highest BCUT2D eigenvalue weighted by atomic mass is 32.2. The summed E-state index contributed by atoms with van der Waals surface area (Å²) >= 11 is 1.48. The predicted octanol–water partition coefficient (Wildman–Crippen LogP) is -0.199. The smallest absolute Gasteiger partial charge is 0.326 e. The van der Waals surface area contributed by atoms with Gasteiger partial charge in [0.1, 0.15) is 18.1 Å². The molecule has 0 aliphatic heterocycles. The van der Waals surface area contributed by atoms with Crippen molar-refractivity contribution in [3.05, 3.63) is 0 Å². The van der Waals surface area contributed by atoms with Crippen LogP contribution in [0, 0.1) is 5.92 Å². The fraction of sp³-hybridized carbons (Fsp3) is 0.800. The van der Waals surface area contributed by atoms with Crippen LogP contribution in [0.15, 0.2) is 0 Å². The SMILES string of the molecule is CCC(C)C(N)C(=O)NC(C)C(=O)NC(CCCCN)C(=O)NC(CCSC)C(=O)O. The molecule has 11 heteroatoms. The first kappa shape index (κ1) is 29.1. The van der Waals surface area contributed by atoms with Gasteiger partial charge < -0.3 is 32.5 Å². The molecular formula is C20H39N5O5S. The molecule has 0 radical (unpaired) electrons. The van der Waals surface area contributed by atoms with Gasteiger partial charge in [0.15, 0.2) is 0 Å². The maximum Gasteiger partial charge on any atom is 0.326 e. The molecule has 0 spiro atoms. The van der Waals surface area contributed by atoms with Crippen molar-refractivity contribution in [3.63, 3.8) is 0 Å². The molecule has 0 fully saturated rings. The Bertz CT molecular complexity index is 592. The first-order valence-electron chi connectivity index (χ1n) is 10.7. The van der Waals surface area contributed by atoms with E-state index in [4.69, 9.17) is 11.5 Å². The molecule has 10 nitrogen and oxygen atoms in total. The van der Waals surface area contributed by atoms with E-state index in [0.717, 1.165) is 6.42 Å². The van der Waals surface area contributed by atoms with Crippen LogP contribution < -0.4 is 27.4 Å². The van der Waals surface area contributed by atoms with E-state index < -0.39 is 47.9 Å².